The molecule has 1 heterocycles. The summed E-state index contributed by atoms with van der Waals surface area (Å²) in [5.41, 5.74) is 0. The van der Waals surface area contributed by atoms with Gasteiger partial charge in [-0.25, -0.2) is 0 Å². The topological polar surface area (TPSA) is 17.1 Å². The van der Waals surface area contributed by atoms with Gasteiger partial charge in [-0.3, -0.25) is 4.79 Å². The molecular formula is C13H19F3OS. The van der Waals surface area contributed by atoms with Gasteiger partial charge < -0.3 is 0 Å². The molecule has 0 aromatic carbocycles. The van der Waals surface area contributed by atoms with Crippen LogP contribution in [0.1, 0.15) is 45.4 Å². The summed E-state index contributed by atoms with van der Waals surface area (Å²) >= 11 is 1.62. The van der Waals surface area contributed by atoms with Crippen molar-refractivity contribution in [1.82, 2.24) is 0 Å². The molecule has 0 radical (unpaired) electrons. The molecule has 1 aliphatic carbocycles. The SMILES string of the molecule is CC1(C(=O)C2CCCC(C(F)(F)F)C2)CCCS1. The molecular weight excluding hydrogens is 261 g/mol. The van der Waals surface area contributed by atoms with Crippen molar-refractivity contribution >= 4 is 17.5 Å². The Morgan fingerprint density at radius 2 is 2.00 bits per heavy atom. The average molecular weight is 280 g/mol. The molecule has 0 bridgehead atoms. The van der Waals surface area contributed by atoms with E-state index in [-0.39, 0.29) is 24.5 Å². The highest BCUT2D eigenvalue weighted by Gasteiger charge is 2.47. The van der Waals surface area contributed by atoms with Gasteiger partial charge in [0.15, 0.2) is 5.78 Å². The van der Waals surface area contributed by atoms with Gasteiger partial charge in [-0.1, -0.05) is 6.42 Å². The highest BCUT2D eigenvalue weighted by atomic mass is 32.2. The predicted molar refractivity (Wildman–Crippen MR) is 66.6 cm³/mol. The summed E-state index contributed by atoms with van der Waals surface area (Å²) < 4.78 is 37.8. The van der Waals surface area contributed by atoms with Gasteiger partial charge in [0.1, 0.15) is 0 Å². The predicted octanol–water partition coefficient (Wildman–Crippen LogP) is 4.21. The Balaban J connectivity index is 2.03. The van der Waals surface area contributed by atoms with Crippen LogP contribution in [0.3, 0.4) is 0 Å². The molecule has 18 heavy (non-hydrogen) atoms. The first-order valence-corrected chi connectivity index (χ1v) is 7.56. The fraction of sp³-hybridized carbons (Fsp3) is 0.923. The second kappa shape index (κ2) is 5.06. The zero-order valence-electron chi connectivity index (χ0n) is 10.6. The minimum atomic E-state index is -4.14. The molecule has 2 aliphatic rings. The van der Waals surface area contributed by atoms with E-state index in [9.17, 15) is 18.0 Å². The Bertz CT molecular complexity index is 321. The van der Waals surface area contributed by atoms with Crippen LogP contribution in [0.2, 0.25) is 0 Å². The summed E-state index contributed by atoms with van der Waals surface area (Å²) in [7, 11) is 0. The second-order valence-electron chi connectivity index (χ2n) is 5.65. The third kappa shape index (κ3) is 2.86. The molecule has 0 amide bonds. The quantitative estimate of drug-likeness (QED) is 0.753. The number of halogens is 3. The zero-order valence-corrected chi connectivity index (χ0v) is 11.4. The molecule has 1 nitrogen and oxygen atoms in total. The largest absolute Gasteiger partial charge is 0.391 e. The average Bonchev–Trinajstić information content (AvgIpc) is 2.75. The highest BCUT2D eigenvalue weighted by Crippen LogP contribution is 2.46. The third-order valence-electron chi connectivity index (χ3n) is 4.25. The number of Topliss-reactive ketones (excluding diaryl/α,β-unsaturated/α-hetero) is 1. The van der Waals surface area contributed by atoms with Crippen molar-refractivity contribution in [3.05, 3.63) is 0 Å². The van der Waals surface area contributed by atoms with Gasteiger partial charge >= 0.3 is 6.18 Å². The number of carbonyl (C=O) groups excluding carboxylic acids is 1. The molecule has 1 aliphatic heterocycles. The van der Waals surface area contributed by atoms with Crippen molar-refractivity contribution < 1.29 is 18.0 Å². The van der Waals surface area contributed by atoms with Crippen LogP contribution >= 0.6 is 11.8 Å². The summed E-state index contributed by atoms with van der Waals surface area (Å²) in [6, 6.07) is 0. The lowest BCUT2D eigenvalue weighted by molar-refractivity contribution is -0.186. The van der Waals surface area contributed by atoms with E-state index in [1.54, 1.807) is 11.8 Å². The molecule has 0 aromatic heterocycles. The Hall–Kier alpha value is -0.190. The molecule has 2 fully saturated rings. The maximum absolute atomic E-state index is 12.7. The molecule has 2 rings (SSSR count). The zero-order chi connectivity index (χ0) is 13.4. The van der Waals surface area contributed by atoms with Crippen LogP contribution in [-0.2, 0) is 4.79 Å². The molecule has 0 aromatic rings. The highest BCUT2D eigenvalue weighted by molar-refractivity contribution is 8.01. The maximum atomic E-state index is 12.7. The van der Waals surface area contributed by atoms with Gasteiger partial charge in [0.2, 0.25) is 0 Å². The van der Waals surface area contributed by atoms with Crippen LogP contribution in [0.15, 0.2) is 0 Å². The van der Waals surface area contributed by atoms with Crippen molar-refractivity contribution in [2.75, 3.05) is 5.75 Å². The fourth-order valence-electron chi connectivity index (χ4n) is 3.13. The lowest BCUT2D eigenvalue weighted by Gasteiger charge is -2.33. The number of hydrogen-bond donors (Lipinski definition) is 0. The third-order valence-corrected chi connectivity index (χ3v) is 5.78. The van der Waals surface area contributed by atoms with Gasteiger partial charge in [-0.2, -0.15) is 13.2 Å². The van der Waals surface area contributed by atoms with Crippen LogP contribution in [0, 0.1) is 11.8 Å². The summed E-state index contributed by atoms with van der Waals surface area (Å²) in [6.07, 6.45) is -0.937. The number of ketones is 1. The molecule has 104 valence electrons. The van der Waals surface area contributed by atoms with Crippen molar-refractivity contribution in [1.29, 1.82) is 0 Å². The monoisotopic (exact) mass is 280 g/mol. The molecule has 3 atom stereocenters. The van der Waals surface area contributed by atoms with Gasteiger partial charge in [0.25, 0.3) is 0 Å². The minimum Gasteiger partial charge on any atom is -0.298 e. The first-order chi connectivity index (χ1) is 8.33. The molecule has 5 heteroatoms. The van der Waals surface area contributed by atoms with E-state index in [0.717, 1.165) is 18.6 Å². The van der Waals surface area contributed by atoms with Gasteiger partial charge in [-0.05, 0) is 44.8 Å². The second-order valence-corrected chi connectivity index (χ2v) is 7.25. The van der Waals surface area contributed by atoms with Crippen molar-refractivity contribution in [3.63, 3.8) is 0 Å². The summed E-state index contributed by atoms with van der Waals surface area (Å²) in [5, 5.41) is 0. The van der Waals surface area contributed by atoms with Crippen molar-refractivity contribution in [2.45, 2.75) is 56.4 Å². The van der Waals surface area contributed by atoms with Gasteiger partial charge in [0.05, 0.1) is 10.7 Å². The molecule has 0 spiro atoms. The Morgan fingerprint density at radius 3 is 2.56 bits per heavy atom. The van der Waals surface area contributed by atoms with E-state index in [4.69, 9.17) is 0 Å². The Kier molecular flexibility index (Phi) is 4.00. The molecule has 1 saturated carbocycles. The minimum absolute atomic E-state index is 0.0124. The van der Waals surface area contributed by atoms with E-state index >= 15 is 0 Å². The number of carbonyl (C=O) groups is 1. The van der Waals surface area contributed by atoms with Crippen molar-refractivity contribution in [3.8, 4) is 0 Å². The smallest absolute Gasteiger partial charge is 0.298 e. The number of thioether (sulfide) groups is 1. The number of alkyl halides is 3. The first kappa shape index (κ1) is 14.2. The van der Waals surface area contributed by atoms with Gasteiger partial charge in [0, 0.05) is 5.92 Å². The lowest BCUT2D eigenvalue weighted by Crippen LogP contribution is -2.39. The summed E-state index contributed by atoms with van der Waals surface area (Å²) in [6.45, 7) is 1.91. The normalized spacial score (nSPS) is 37.8. The number of rotatable bonds is 2. The standard InChI is InChI=1S/C13H19F3OS/c1-12(6-3-7-18-12)11(17)9-4-2-5-10(8-9)13(14,15)16/h9-10H,2-8H2,1H3. The van der Waals surface area contributed by atoms with Crippen LogP contribution in [-0.4, -0.2) is 22.5 Å². The first-order valence-electron chi connectivity index (χ1n) is 6.58. The van der Waals surface area contributed by atoms with Crippen LogP contribution in [0.4, 0.5) is 13.2 Å². The summed E-state index contributed by atoms with van der Waals surface area (Å²) in [5.74, 6) is -0.618. The summed E-state index contributed by atoms with van der Waals surface area (Å²) in [4.78, 5) is 12.4. The lowest BCUT2D eigenvalue weighted by atomic mass is 9.75. The van der Waals surface area contributed by atoms with Gasteiger partial charge in [-0.15, -0.1) is 11.8 Å². The Labute approximate surface area is 110 Å². The molecule has 0 N–H and O–H groups in total. The van der Waals surface area contributed by atoms with E-state index in [1.165, 1.54) is 0 Å². The van der Waals surface area contributed by atoms with E-state index in [0.29, 0.717) is 12.8 Å². The van der Waals surface area contributed by atoms with Crippen molar-refractivity contribution in [2.24, 2.45) is 11.8 Å². The van der Waals surface area contributed by atoms with E-state index in [1.807, 2.05) is 6.92 Å². The maximum Gasteiger partial charge on any atom is 0.391 e. The van der Waals surface area contributed by atoms with Crippen LogP contribution in [0.25, 0.3) is 0 Å². The fourth-order valence-corrected chi connectivity index (χ4v) is 4.47. The van der Waals surface area contributed by atoms with E-state index < -0.39 is 16.8 Å². The van der Waals surface area contributed by atoms with Crippen LogP contribution < -0.4 is 0 Å². The molecule has 3 unspecified atom stereocenters. The Morgan fingerprint density at radius 1 is 1.28 bits per heavy atom. The van der Waals surface area contributed by atoms with E-state index in [2.05, 4.69) is 0 Å². The van der Waals surface area contributed by atoms with Crippen LogP contribution in [0.5, 0.6) is 0 Å². The number of hydrogen-bond acceptors (Lipinski definition) is 2. The molecule has 1 saturated heterocycles.